The van der Waals surface area contributed by atoms with Crippen molar-refractivity contribution in [3.05, 3.63) is 215 Å². The van der Waals surface area contributed by atoms with E-state index in [0.717, 1.165) is 5.56 Å². The zero-order chi connectivity index (χ0) is 48.8. The molecule has 340 valence electrons. The van der Waals surface area contributed by atoms with Crippen LogP contribution in [0.2, 0.25) is 0 Å². The Morgan fingerprint density at radius 3 is 1.65 bits per heavy atom. The number of nitrogens with one attached hydrogen (secondary N) is 2. The lowest BCUT2D eigenvalue weighted by Crippen LogP contribution is -2.58. The molecule has 6 aromatic carbocycles. The van der Waals surface area contributed by atoms with Crippen LogP contribution in [0.4, 0.5) is 4.79 Å². The second-order valence-corrected chi connectivity index (χ2v) is 15.6. The molecule has 0 spiro atoms. The monoisotopic (exact) mass is 892 g/mol. The van der Waals surface area contributed by atoms with Gasteiger partial charge in [-0.1, -0.05) is 170 Å². The van der Waals surface area contributed by atoms with Crippen LogP contribution >= 0.6 is 0 Å². The number of aromatic amines is 1. The summed E-state index contributed by atoms with van der Waals surface area (Å²) in [5.74, 6) is -0.700. The van der Waals surface area contributed by atoms with Gasteiger partial charge in [0.15, 0.2) is 0 Å². The van der Waals surface area contributed by atoms with Gasteiger partial charge in [0.1, 0.15) is 43.2 Å². The van der Waals surface area contributed by atoms with Crippen LogP contribution in [0.3, 0.4) is 0 Å². The molecular weight excluding hydrogens is 833 g/mol. The molecule has 1 aromatic heterocycles. The van der Waals surface area contributed by atoms with Gasteiger partial charge in [0, 0.05) is 17.3 Å². The van der Waals surface area contributed by atoms with Gasteiger partial charge in [-0.2, -0.15) is 0 Å². The second-order valence-electron chi connectivity index (χ2n) is 15.6. The number of esters is 1. The van der Waals surface area contributed by atoms with Crippen LogP contribution in [-0.4, -0.2) is 60.7 Å². The van der Waals surface area contributed by atoms with Gasteiger partial charge in [-0.15, -0.1) is 0 Å². The van der Waals surface area contributed by atoms with Crippen molar-refractivity contribution in [2.75, 3.05) is 13.2 Å². The summed E-state index contributed by atoms with van der Waals surface area (Å²) < 4.78 is 82.3. The summed E-state index contributed by atoms with van der Waals surface area (Å²) in [6.07, 6.45) is -6.95. The molecule has 2 heterocycles. The van der Waals surface area contributed by atoms with Gasteiger partial charge in [0.05, 0.1) is 50.7 Å². The van der Waals surface area contributed by atoms with Crippen LogP contribution in [0, 0.1) is 0 Å². The summed E-state index contributed by atoms with van der Waals surface area (Å²) in [7, 11) is 0. The van der Waals surface area contributed by atoms with Gasteiger partial charge >= 0.3 is 12.1 Å². The first-order valence-electron chi connectivity index (χ1n) is 24.3. The molecule has 66 heavy (non-hydrogen) atoms. The van der Waals surface area contributed by atoms with Crippen LogP contribution in [0.15, 0.2) is 176 Å². The molecule has 7 aromatic rings. The van der Waals surface area contributed by atoms with Gasteiger partial charge in [-0.05, 0) is 46.4 Å². The Labute approximate surface area is 391 Å². The van der Waals surface area contributed by atoms with E-state index in [1.165, 1.54) is 0 Å². The summed E-state index contributed by atoms with van der Waals surface area (Å²) in [5, 5.41) is 3.43. The number of ether oxygens (including phenoxy) is 7. The number of alkyl carbamates (subject to hydrolysis) is 1. The molecule has 1 fully saturated rings. The number of fused-ring (bicyclic) bond motifs is 1. The fraction of sp³-hybridized carbons (Fsp3) is 0.273. The lowest BCUT2D eigenvalue weighted by molar-refractivity contribution is -0.275. The van der Waals surface area contributed by atoms with Crippen molar-refractivity contribution in [3.8, 4) is 0 Å². The number of hydrogen-bond acceptors (Lipinski definition) is 9. The third-order valence-corrected chi connectivity index (χ3v) is 11.0. The first-order chi connectivity index (χ1) is 34.2. The minimum atomic E-state index is -1.32. The third-order valence-electron chi connectivity index (χ3n) is 11.0. The maximum Gasteiger partial charge on any atom is 0.408 e. The van der Waals surface area contributed by atoms with Gasteiger partial charge in [-0.25, -0.2) is 9.59 Å². The number of aromatic nitrogens is 1. The van der Waals surface area contributed by atoms with Crippen LogP contribution < -0.4 is 5.32 Å². The largest absolute Gasteiger partial charge is 0.464 e. The number of rotatable bonds is 21. The molecule has 1 aliphatic rings. The quantitative estimate of drug-likeness (QED) is 0.0678. The number of carbonyl (C=O) groups is 2. The fourth-order valence-electron chi connectivity index (χ4n) is 7.82. The van der Waals surface area contributed by atoms with Crippen LogP contribution in [0.5, 0.6) is 0 Å². The van der Waals surface area contributed by atoms with E-state index in [4.69, 9.17) is 34.5 Å². The predicted octanol–water partition coefficient (Wildman–Crippen LogP) is 9.98. The number of benzene rings is 6. The average Bonchev–Trinajstić information content (AvgIpc) is 3.77. The van der Waals surface area contributed by atoms with E-state index in [-0.39, 0.29) is 26.2 Å². The van der Waals surface area contributed by atoms with Crippen molar-refractivity contribution in [3.63, 3.8) is 0 Å². The molecule has 6 unspecified atom stereocenters. The van der Waals surface area contributed by atoms with Crippen molar-refractivity contribution < 1.29 is 48.2 Å². The summed E-state index contributed by atoms with van der Waals surface area (Å²) in [6, 6.07) is 51.3. The van der Waals surface area contributed by atoms with Gasteiger partial charge < -0.3 is 43.5 Å². The highest BCUT2D eigenvalue weighted by Crippen LogP contribution is 2.41. The Kier molecular flexibility index (Phi) is 14.6. The van der Waals surface area contributed by atoms with Crippen molar-refractivity contribution in [1.29, 1.82) is 0 Å². The average molecular weight is 893 g/mol. The molecule has 0 radical (unpaired) electrons. The predicted molar refractivity (Wildman–Crippen MR) is 251 cm³/mol. The van der Waals surface area contributed by atoms with Crippen LogP contribution in [0.25, 0.3) is 10.9 Å². The highest BCUT2D eigenvalue weighted by atomic mass is 16.6. The van der Waals surface area contributed by atoms with Crippen LogP contribution in [-0.2, 0) is 77.3 Å². The molecule has 10 atom stereocenters. The standard InChI is InChI=1S/C55H56N2O9/c1-2-61-54(58)47(57-55(59)65-37-43-28-16-7-17-29-43)32-45-44-30-18-19-31-46(44)56-49(45)51-53(64-36-42-26-14-6-15-27-42)52(63-35-41-24-12-5-13-25-41)50(62-34-40-22-10-4-11-23-40)48(66-51)38-60-33-39-20-8-3-9-21-39/h3-31,47-48,50-53,56H,2,32-38H2,1H3,(H,57,59)/t47?,48-,50-,51?,52+,53-/m1/s1/i33D,34D,35D,36D/t33?,34?,35?,36?,47?,48-,50-,51?,52+,53-. The smallest absolute Gasteiger partial charge is 0.408 e. The molecular formula is C55H56N2O9. The molecule has 1 saturated heterocycles. The van der Waals surface area contributed by atoms with Crippen molar-refractivity contribution in [2.45, 2.75) is 82.8 Å². The number of hydrogen-bond donors (Lipinski definition) is 2. The molecule has 0 bridgehead atoms. The van der Waals surface area contributed by atoms with E-state index < -0.39 is 75.0 Å². The molecule has 2 N–H and O–H groups in total. The van der Waals surface area contributed by atoms with E-state index in [1.54, 1.807) is 91.9 Å². The second kappa shape index (κ2) is 23.5. The molecule has 0 aliphatic carbocycles. The maximum atomic E-state index is 13.9. The normalized spacial score (nSPS) is 21.4. The zero-order valence-electron chi connectivity index (χ0n) is 40.5. The van der Waals surface area contributed by atoms with E-state index in [2.05, 4.69) is 10.3 Å². The van der Waals surface area contributed by atoms with E-state index >= 15 is 0 Å². The lowest BCUT2D eigenvalue weighted by Gasteiger charge is -2.46. The van der Waals surface area contributed by atoms with E-state index in [9.17, 15) is 13.7 Å². The molecule has 1 aliphatic heterocycles. The summed E-state index contributed by atoms with van der Waals surface area (Å²) in [6.45, 7) is -3.64. The minimum Gasteiger partial charge on any atom is -0.464 e. The Balaban J connectivity index is 1.25. The Bertz CT molecular complexity index is 2710. The topological polar surface area (TPSA) is 127 Å². The van der Waals surface area contributed by atoms with Crippen molar-refractivity contribution >= 4 is 23.0 Å². The fourth-order valence-corrected chi connectivity index (χ4v) is 7.82. The zero-order valence-corrected chi connectivity index (χ0v) is 36.5. The number of amides is 1. The minimum absolute atomic E-state index is 0.0356. The first-order valence-corrected chi connectivity index (χ1v) is 22.0. The summed E-state index contributed by atoms with van der Waals surface area (Å²) >= 11 is 0. The molecule has 8 rings (SSSR count). The molecule has 11 nitrogen and oxygen atoms in total. The van der Waals surface area contributed by atoms with Crippen molar-refractivity contribution in [2.24, 2.45) is 0 Å². The molecule has 0 saturated carbocycles. The summed E-state index contributed by atoms with van der Waals surface area (Å²) in [5.41, 5.74) is 4.55. The van der Waals surface area contributed by atoms with Gasteiger partial charge in [0.2, 0.25) is 0 Å². The van der Waals surface area contributed by atoms with Gasteiger partial charge in [0.25, 0.3) is 0 Å². The number of carbonyl (C=O) groups excluding carboxylic acids is 2. The SMILES string of the molecule is [2H]C(OC[C@H]1OC(c2[nH]c3ccccc3c2CC(NC(=O)OCc2ccccc2)C(=O)OCC)[C@@H](OC([2H])c2ccccc2)[C@@H](OC([2H])c2ccccc2)[C@@H]1OC([2H])c1ccccc1)c1ccccc1. The van der Waals surface area contributed by atoms with Gasteiger partial charge in [-0.3, -0.25) is 0 Å². The Morgan fingerprint density at radius 1 is 0.606 bits per heavy atom. The third kappa shape index (κ3) is 12.4. The highest BCUT2D eigenvalue weighted by molar-refractivity contribution is 5.87. The van der Waals surface area contributed by atoms with Crippen LogP contribution in [0.1, 0.15) is 57.6 Å². The van der Waals surface area contributed by atoms with E-state index in [0.29, 0.717) is 44.4 Å². The maximum absolute atomic E-state index is 13.9. The highest BCUT2D eigenvalue weighted by Gasteiger charge is 2.50. The summed E-state index contributed by atoms with van der Waals surface area (Å²) in [4.78, 5) is 30.9. The lowest BCUT2D eigenvalue weighted by atomic mass is 9.89. The Morgan fingerprint density at radius 2 is 1.09 bits per heavy atom. The van der Waals surface area contributed by atoms with Crippen molar-refractivity contribution in [1.82, 2.24) is 10.3 Å². The van der Waals surface area contributed by atoms with E-state index in [1.807, 2.05) is 91.0 Å². The molecule has 1 amide bonds. The number of para-hydroxylation sites is 1. The Hall–Kier alpha value is -6.60. The number of H-pyrrole nitrogens is 1. The molecule has 11 heteroatoms. The first kappa shape index (κ1) is 40.9.